The van der Waals surface area contributed by atoms with Crippen LogP contribution in [0.4, 0.5) is 4.39 Å². The maximum Gasteiger partial charge on any atom is 0.238 e. The number of nitrogens with two attached hydrogens (primary N) is 1. The van der Waals surface area contributed by atoms with Gasteiger partial charge in [0.1, 0.15) is 5.82 Å². The molecule has 0 saturated heterocycles. The lowest BCUT2D eigenvalue weighted by Gasteiger charge is -1.95. The predicted octanol–water partition coefficient (Wildman–Crippen LogP) is 0.273. The zero-order valence-corrected chi connectivity index (χ0v) is 6.23. The highest BCUT2D eigenvalue weighted by Crippen LogP contribution is 2.06. The van der Waals surface area contributed by atoms with Crippen molar-refractivity contribution in [2.75, 3.05) is 0 Å². The number of hydrogen-bond donors (Lipinski definition) is 1. The summed E-state index contributed by atoms with van der Waals surface area (Å²) in [7, 11) is -3.79. The number of primary sulfonamides is 1. The van der Waals surface area contributed by atoms with Crippen molar-refractivity contribution in [2.45, 2.75) is 4.90 Å². The fourth-order valence-electron chi connectivity index (χ4n) is 0.595. The Labute approximate surface area is 63.7 Å². The molecule has 0 unspecified atom stereocenters. The second-order valence-corrected chi connectivity index (χ2v) is 3.48. The Kier molecular flexibility index (Phi) is 1.92. The molecule has 0 atom stereocenters. The van der Waals surface area contributed by atoms with Crippen LogP contribution < -0.4 is 5.14 Å². The highest BCUT2D eigenvalue weighted by Gasteiger charge is 2.06. The molecule has 0 aliphatic carbocycles. The number of rotatable bonds is 1. The first-order valence-electron chi connectivity index (χ1n) is 2.70. The van der Waals surface area contributed by atoms with Crippen LogP contribution in [0, 0.1) is 11.9 Å². The Morgan fingerprint density at radius 3 is 2.55 bits per heavy atom. The van der Waals surface area contributed by atoms with Crippen LogP contribution in [0.2, 0.25) is 0 Å². The van der Waals surface area contributed by atoms with Crippen molar-refractivity contribution in [1.29, 1.82) is 0 Å². The van der Waals surface area contributed by atoms with Crippen molar-refractivity contribution in [3.8, 4) is 0 Å². The van der Waals surface area contributed by atoms with Crippen molar-refractivity contribution in [3.05, 3.63) is 30.1 Å². The molecule has 11 heavy (non-hydrogen) atoms. The van der Waals surface area contributed by atoms with Gasteiger partial charge in [-0.1, -0.05) is 0 Å². The van der Waals surface area contributed by atoms with Crippen molar-refractivity contribution in [1.82, 2.24) is 0 Å². The van der Waals surface area contributed by atoms with Crippen LogP contribution in [-0.2, 0) is 10.0 Å². The average molecular weight is 174 g/mol. The molecule has 0 heterocycles. The zero-order valence-electron chi connectivity index (χ0n) is 5.41. The van der Waals surface area contributed by atoms with E-state index in [0.29, 0.717) is 0 Å². The second kappa shape index (κ2) is 2.60. The summed E-state index contributed by atoms with van der Waals surface area (Å²) in [5, 5.41) is 4.72. The molecule has 0 saturated carbocycles. The average Bonchev–Trinajstić information content (AvgIpc) is 1.86. The molecular formula is C6H5FNO2S. The van der Waals surface area contributed by atoms with Gasteiger partial charge < -0.3 is 0 Å². The second-order valence-electron chi connectivity index (χ2n) is 1.92. The molecule has 0 aliphatic rings. The van der Waals surface area contributed by atoms with Gasteiger partial charge in [0.05, 0.1) is 4.90 Å². The van der Waals surface area contributed by atoms with E-state index in [2.05, 4.69) is 6.07 Å². The van der Waals surface area contributed by atoms with E-state index in [4.69, 9.17) is 5.14 Å². The van der Waals surface area contributed by atoms with Crippen LogP contribution in [-0.4, -0.2) is 8.42 Å². The smallest absolute Gasteiger partial charge is 0.225 e. The number of halogens is 1. The fraction of sp³-hybridized carbons (Fsp3) is 0. The standard InChI is InChI=1S/C6H5FNO2S/c7-5-2-1-3-6(4-5)11(8,9)10/h1,3-4H,(H2,8,9,10). The summed E-state index contributed by atoms with van der Waals surface area (Å²) in [4.78, 5) is -0.242. The van der Waals surface area contributed by atoms with E-state index in [9.17, 15) is 12.8 Å². The Bertz CT molecular complexity index is 361. The van der Waals surface area contributed by atoms with E-state index < -0.39 is 15.8 Å². The largest absolute Gasteiger partial charge is 0.238 e. The lowest BCUT2D eigenvalue weighted by molar-refractivity contribution is 0.592. The summed E-state index contributed by atoms with van der Waals surface area (Å²) in [6, 6.07) is 5.31. The van der Waals surface area contributed by atoms with Crippen LogP contribution in [0.5, 0.6) is 0 Å². The Hall–Kier alpha value is -0.940. The molecule has 59 valence electrons. The molecule has 0 bridgehead atoms. The molecular weight excluding hydrogens is 169 g/mol. The summed E-state index contributed by atoms with van der Waals surface area (Å²) < 4.78 is 33.5. The molecule has 0 spiro atoms. The van der Waals surface area contributed by atoms with Crippen LogP contribution in [0.25, 0.3) is 0 Å². The van der Waals surface area contributed by atoms with Crippen LogP contribution >= 0.6 is 0 Å². The van der Waals surface area contributed by atoms with Crippen molar-refractivity contribution < 1.29 is 12.8 Å². The monoisotopic (exact) mass is 174 g/mol. The van der Waals surface area contributed by atoms with Crippen LogP contribution in [0.1, 0.15) is 0 Å². The lowest BCUT2D eigenvalue weighted by atomic mass is 10.4. The molecule has 0 aliphatic heterocycles. The normalized spacial score (nSPS) is 11.5. The van der Waals surface area contributed by atoms with Gasteiger partial charge in [0.25, 0.3) is 0 Å². The SMILES string of the molecule is NS(=O)(=O)c1cc[c]c(F)c1. The van der Waals surface area contributed by atoms with Gasteiger partial charge in [0.2, 0.25) is 10.0 Å². The first-order chi connectivity index (χ1) is 5.00. The summed E-state index contributed by atoms with van der Waals surface area (Å²) in [5.41, 5.74) is 0. The van der Waals surface area contributed by atoms with E-state index in [-0.39, 0.29) is 4.90 Å². The number of hydrogen-bond acceptors (Lipinski definition) is 2. The molecule has 1 radical (unpaired) electrons. The molecule has 2 N–H and O–H groups in total. The molecule has 3 nitrogen and oxygen atoms in total. The Morgan fingerprint density at radius 2 is 2.18 bits per heavy atom. The third kappa shape index (κ3) is 1.99. The highest BCUT2D eigenvalue weighted by atomic mass is 32.2. The van der Waals surface area contributed by atoms with Gasteiger partial charge in [-0.2, -0.15) is 0 Å². The minimum absolute atomic E-state index is 0.242. The van der Waals surface area contributed by atoms with Crippen molar-refractivity contribution in [2.24, 2.45) is 5.14 Å². The fourth-order valence-corrected chi connectivity index (χ4v) is 1.12. The van der Waals surface area contributed by atoms with E-state index in [1.54, 1.807) is 0 Å². The molecule has 0 amide bonds. The maximum absolute atomic E-state index is 12.3. The van der Waals surface area contributed by atoms with Crippen molar-refractivity contribution in [3.63, 3.8) is 0 Å². The van der Waals surface area contributed by atoms with Gasteiger partial charge in [-0.15, -0.1) is 0 Å². The van der Waals surface area contributed by atoms with E-state index >= 15 is 0 Å². The summed E-state index contributed by atoms with van der Waals surface area (Å²) in [6.07, 6.45) is 0. The van der Waals surface area contributed by atoms with E-state index in [1.165, 1.54) is 6.07 Å². The Morgan fingerprint density at radius 1 is 1.55 bits per heavy atom. The molecule has 1 rings (SSSR count). The highest BCUT2D eigenvalue weighted by molar-refractivity contribution is 7.89. The molecule has 1 aromatic rings. The third-order valence-corrected chi connectivity index (χ3v) is 1.98. The molecule has 0 fully saturated rings. The Balaban J connectivity index is 3.28. The van der Waals surface area contributed by atoms with Gasteiger partial charge in [0, 0.05) is 6.07 Å². The van der Waals surface area contributed by atoms with Crippen LogP contribution in [0.15, 0.2) is 23.1 Å². The van der Waals surface area contributed by atoms with Gasteiger partial charge in [-0.3, -0.25) is 0 Å². The maximum atomic E-state index is 12.3. The molecule has 1 aromatic carbocycles. The van der Waals surface area contributed by atoms with E-state index in [1.807, 2.05) is 0 Å². The summed E-state index contributed by atoms with van der Waals surface area (Å²) in [6.45, 7) is 0. The van der Waals surface area contributed by atoms with Crippen molar-refractivity contribution >= 4 is 10.0 Å². The molecule has 0 aromatic heterocycles. The van der Waals surface area contributed by atoms with Gasteiger partial charge in [0.15, 0.2) is 0 Å². The number of benzene rings is 1. The topological polar surface area (TPSA) is 60.2 Å². The van der Waals surface area contributed by atoms with Gasteiger partial charge in [-0.25, -0.2) is 17.9 Å². The minimum Gasteiger partial charge on any atom is -0.225 e. The predicted molar refractivity (Wildman–Crippen MR) is 36.6 cm³/mol. The first-order valence-corrected chi connectivity index (χ1v) is 4.25. The lowest BCUT2D eigenvalue weighted by Crippen LogP contribution is -2.12. The van der Waals surface area contributed by atoms with Gasteiger partial charge >= 0.3 is 0 Å². The summed E-state index contributed by atoms with van der Waals surface area (Å²) >= 11 is 0. The zero-order chi connectivity index (χ0) is 8.48. The molecule has 5 heteroatoms. The first kappa shape index (κ1) is 8.16. The number of sulfonamides is 1. The van der Waals surface area contributed by atoms with Gasteiger partial charge in [-0.05, 0) is 18.2 Å². The third-order valence-electron chi connectivity index (χ3n) is 1.07. The van der Waals surface area contributed by atoms with E-state index in [0.717, 1.165) is 12.1 Å². The summed E-state index contributed by atoms with van der Waals surface area (Å²) in [5.74, 6) is -0.739. The minimum atomic E-state index is -3.79. The quantitative estimate of drug-likeness (QED) is 0.664. The van der Waals surface area contributed by atoms with Crippen LogP contribution in [0.3, 0.4) is 0 Å².